The van der Waals surface area contributed by atoms with Gasteiger partial charge in [-0.3, -0.25) is 0 Å². The van der Waals surface area contributed by atoms with Gasteiger partial charge in [0.25, 0.3) is 0 Å². The predicted octanol–water partition coefficient (Wildman–Crippen LogP) is 2.02. The molecule has 0 amide bonds. The first-order valence-electron chi connectivity index (χ1n) is 6.67. The van der Waals surface area contributed by atoms with E-state index >= 15 is 0 Å². The number of ether oxygens (including phenoxy) is 1. The van der Waals surface area contributed by atoms with Crippen molar-refractivity contribution in [3.05, 3.63) is 29.8 Å². The summed E-state index contributed by atoms with van der Waals surface area (Å²) in [4.78, 5) is 2.20. The minimum atomic E-state index is 0.0971. The molecule has 0 radical (unpaired) electrons. The number of hydrogen-bond acceptors (Lipinski definition) is 4. The van der Waals surface area contributed by atoms with Crippen molar-refractivity contribution in [2.45, 2.75) is 19.4 Å². The van der Waals surface area contributed by atoms with Crippen LogP contribution in [-0.2, 0) is 6.54 Å². The van der Waals surface area contributed by atoms with Crippen LogP contribution in [-0.4, -0.2) is 38.7 Å². The largest absolute Gasteiger partial charge is 0.478 e. The van der Waals surface area contributed by atoms with Crippen LogP contribution < -0.4 is 10.1 Å². The van der Waals surface area contributed by atoms with Crippen LogP contribution in [0.3, 0.4) is 0 Å². The fraction of sp³-hybridized carbons (Fsp3) is 0.533. The molecule has 1 rings (SSSR count). The highest BCUT2D eigenvalue weighted by molar-refractivity contribution is 5.33. The van der Waals surface area contributed by atoms with E-state index in [1.807, 2.05) is 30.3 Å². The molecule has 0 aliphatic heterocycles. The van der Waals surface area contributed by atoms with Gasteiger partial charge in [0.15, 0.2) is 6.61 Å². The standard InChI is InChI=1S/C15H23N3O/c1-18(2)11-6-5-10-17-13-14-7-3-4-8-15(14)19-12-9-16/h3-4,7-8,17H,5-6,10-13H2,1-2H3. The number of benzene rings is 1. The highest BCUT2D eigenvalue weighted by atomic mass is 16.5. The first kappa shape index (κ1) is 15.5. The van der Waals surface area contributed by atoms with Crippen molar-refractivity contribution in [1.29, 1.82) is 5.26 Å². The Bertz CT molecular complexity index is 399. The van der Waals surface area contributed by atoms with Crippen LogP contribution >= 0.6 is 0 Å². The average Bonchev–Trinajstić information content (AvgIpc) is 2.41. The van der Waals surface area contributed by atoms with E-state index in [1.165, 1.54) is 12.8 Å². The van der Waals surface area contributed by atoms with Crippen molar-refractivity contribution in [2.24, 2.45) is 0 Å². The number of hydrogen-bond donors (Lipinski definition) is 1. The Balaban J connectivity index is 2.27. The molecular weight excluding hydrogens is 238 g/mol. The van der Waals surface area contributed by atoms with Gasteiger partial charge in [-0.2, -0.15) is 5.26 Å². The second-order valence-corrected chi connectivity index (χ2v) is 4.74. The van der Waals surface area contributed by atoms with Crippen LogP contribution in [0, 0.1) is 11.3 Å². The lowest BCUT2D eigenvalue weighted by Crippen LogP contribution is -2.18. The van der Waals surface area contributed by atoms with E-state index in [0.29, 0.717) is 0 Å². The summed E-state index contributed by atoms with van der Waals surface area (Å²) in [5, 5.41) is 12.0. The number of nitrogens with zero attached hydrogens (tertiary/aromatic N) is 2. The maximum Gasteiger partial charge on any atom is 0.174 e. The van der Waals surface area contributed by atoms with Gasteiger partial charge in [0.05, 0.1) is 0 Å². The van der Waals surface area contributed by atoms with Crippen molar-refractivity contribution in [2.75, 3.05) is 33.8 Å². The van der Waals surface area contributed by atoms with Gasteiger partial charge in [-0.25, -0.2) is 0 Å². The maximum atomic E-state index is 8.54. The maximum absolute atomic E-state index is 8.54. The smallest absolute Gasteiger partial charge is 0.174 e. The first-order chi connectivity index (χ1) is 9.24. The molecule has 1 N–H and O–H groups in total. The van der Waals surface area contributed by atoms with E-state index in [2.05, 4.69) is 24.3 Å². The van der Waals surface area contributed by atoms with E-state index in [4.69, 9.17) is 10.00 Å². The lowest BCUT2D eigenvalue weighted by Gasteiger charge is -2.11. The summed E-state index contributed by atoms with van der Waals surface area (Å²) in [5.74, 6) is 0.796. The summed E-state index contributed by atoms with van der Waals surface area (Å²) in [6.07, 6.45) is 2.37. The molecule has 0 aliphatic carbocycles. The average molecular weight is 261 g/mol. The molecule has 1 aromatic rings. The Kier molecular flexibility index (Phi) is 7.64. The molecule has 104 valence electrons. The minimum Gasteiger partial charge on any atom is -0.478 e. The van der Waals surface area contributed by atoms with Gasteiger partial charge in [0.1, 0.15) is 11.8 Å². The summed E-state index contributed by atoms with van der Waals surface area (Å²) in [6.45, 7) is 3.01. The second kappa shape index (κ2) is 9.37. The summed E-state index contributed by atoms with van der Waals surface area (Å²) < 4.78 is 5.39. The topological polar surface area (TPSA) is 48.3 Å². The Morgan fingerprint density at radius 3 is 2.79 bits per heavy atom. The van der Waals surface area contributed by atoms with Gasteiger partial charge in [0.2, 0.25) is 0 Å². The van der Waals surface area contributed by atoms with Gasteiger partial charge in [-0.15, -0.1) is 0 Å². The van der Waals surface area contributed by atoms with E-state index in [0.717, 1.165) is 30.9 Å². The molecule has 0 saturated heterocycles. The second-order valence-electron chi connectivity index (χ2n) is 4.74. The number of para-hydroxylation sites is 1. The van der Waals surface area contributed by atoms with Crippen LogP contribution in [0.2, 0.25) is 0 Å². The molecule has 0 aliphatic rings. The summed E-state index contributed by atoms with van der Waals surface area (Å²) in [5.41, 5.74) is 1.10. The molecule has 0 bridgehead atoms. The van der Waals surface area contributed by atoms with Gasteiger partial charge in [-0.1, -0.05) is 18.2 Å². The Hall–Kier alpha value is -1.57. The van der Waals surface area contributed by atoms with Crippen molar-refractivity contribution in [1.82, 2.24) is 10.2 Å². The van der Waals surface area contributed by atoms with Crippen LogP contribution in [0.5, 0.6) is 5.75 Å². The lowest BCUT2D eigenvalue weighted by atomic mass is 10.2. The van der Waals surface area contributed by atoms with Crippen molar-refractivity contribution in [3.8, 4) is 11.8 Å². The molecule has 4 nitrogen and oxygen atoms in total. The number of nitriles is 1. The van der Waals surface area contributed by atoms with E-state index < -0.39 is 0 Å². The normalized spacial score (nSPS) is 10.4. The molecule has 1 aromatic carbocycles. The van der Waals surface area contributed by atoms with Gasteiger partial charge in [-0.05, 0) is 46.1 Å². The van der Waals surface area contributed by atoms with Crippen LogP contribution in [0.15, 0.2) is 24.3 Å². The fourth-order valence-corrected chi connectivity index (χ4v) is 1.80. The molecular formula is C15H23N3O. The van der Waals surface area contributed by atoms with E-state index in [9.17, 15) is 0 Å². The third-order valence-corrected chi connectivity index (χ3v) is 2.79. The number of nitrogens with one attached hydrogen (secondary N) is 1. The number of unbranched alkanes of at least 4 members (excludes halogenated alkanes) is 1. The number of rotatable bonds is 9. The molecule has 0 heterocycles. The Morgan fingerprint density at radius 2 is 2.05 bits per heavy atom. The summed E-state index contributed by atoms with van der Waals surface area (Å²) >= 11 is 0. The summed E-state index contributed by atoms with van der Waals surface area (Å²) in [6, 6.07) is 9.83. The van der Waals surface area contributed by atoms with Gasteiger partial charge < -0.3 is 15.0 Å². The molecule has 4 heteroatoms. The van der Waals surface area contributed by atoms with E-state index in [1.54, 1.807) is 0 Å². The van der Waals surface area contributed by atoms with Gasteiger partial charge >= 0.3 is 0 Å². The monoisotopic (exact) mass is 261 g/mol. The predicted molar refractivity (Wildman–Crippen MR) is 77.0 cm³/mol. The van der Waals surface area contributed by atoms with E-state index in [-0.39, 0.29) is 6.61 Å². The highest BCUT2D eigenvalue weighted by Gasteiger charge is 2.02. The zero-order valence-corrected chi connectivity index (χ0v) is 11.9. The lowest BCUT2D eigenvalue weighted by molar-refractivity contribution is 0.362. The molecule has 0 unspecified atom stereocenters. The van der Waals surface area contributed by atoms with Crippen molar-refractivity contribution < 1.29 is 4.74 Å². The molecule has 0 aromatic heterocycles. The molecule has 19 heavy (non-hydrogen) atoms. The van der Waals surface area contributed by atoms with Gasteiger partial charge in [0, 0.05) is 12.1 Å². The quantitative estimate of drug-likeness (QED) is 0.691. The SMILES string of the molecule is CN(C)CCCCNCc1ccccc1OCC#N. The molecule has 0 saturated carbocycles. The fourth-order valence-electron chi connectivity index (χ4n) is 1.80. The third-order valence-electron chi connectivity index (χ3n) is 2.79. The molecule has 0 fully saturated rings. The Morgan fingerprint density at radius 1 is 1.26 bits per heavy atom. The summed E-state index contributed by atoms with van der Waals surface area (Å²) in [7, 11) is 4.19. The van der Waals surface area contributed by atoms with Crippen LogP contribution in [0.25, 0.3) is 0 Å². The highest BCUT2D eigenvalue weighted by Crippen LogP contribution is 2.17. The first-order valence-corrected chi connectivity index (χ1v) is 6.67. The molecule has 0 atom stereocenters. The Labute approximate surface area is 116 Å². The zero-order valence-electron chi connectivity index (χ0n) is 11.9. The zero-order chi connectivity index (χ0) is 13.9. The third kappa shape index (κ3) is 6.80. The molecule has 0 spiro atoms. The van der Waals surface area contributed by atoms with Crippen LogP contribution in [0.1, 0.15) is 18.4 Å². The minimum absolute atomic E-state index is 0.0971. The van der Waals surface area contributed by atoms with Crippen molar-refractivity contribution in [3.63, 3.8) is 0 Å². The van der Waals surface area contributed by atoms with Crippen LogP contribution in [0.4, 0.5) is 0 Å². The van der Waals surface area contributed by atoms with Crippen molar-refractivity contribution >= 4 is 0 Å².